The van der Waals surface area contributed by atoms with Crippen LogP contribution in [0.1, 0.15) is 41.6 Å². The molecule has 176 valence electrons. The van der Waals surface area contributed by atoms with Crippen molar-refractivity contribution in [2.24, 2.45) is 0 Å². The van der Waals surface area contributed by atoms with E-state index < -0.39 is 0 Å². The molecule has 4 rings (SSSR count). The lowest BCUT2D eigenvalue weighted by Gasteiger charge is -2.37. The average Bonchev–Trinajstić information content (AvgIpc) is 3.37. The van der Waals surface area contributed by atoms with Crippen molar-refractivity contribution in [3.05, 3.63) is 59.7 Å². The average molecular weight is 452 g/mol. The molecular formula is C26H33N3O4. The highest BCUT2D eigenvalue weighted by Crippen LogP contribution is 2.26. The number of benzene rings is 2. The first-order chi connectivity index (χ1) is 16.0. The van der Waals surface area contributed by atoms with Gasteiger partial charge in [-0.15, -0.1) is 0 Å². The van der Waals surface area contributed by atoms with Crippen LogP contribution in [0.5, 0.6) is 5.75 Å². The number of nitrogens with one attached hydrogen (secondary N) is 1. The van der Waals surface area contributed by atoms with Gasteiger partial charge in [-0.2, -0.15) is 0 Å². The molecule has 7 heteroatoms. The van der Waals surface area contributed by atoms with Crippen LogP contribution in [0.2, 0.25) is 0 Å². The molecule has 1 heterocycles. The van der Waals surface area contributed by atoms with Crippen molar-refractivity contribution in [1.82, 2.24) is 9.80 Å². The Balaban J connectivity index is 1.42. The topological polar surface area (TPSA) is 71.1 Å². The highest BCUT2D eigenvalue weighted by Gasteiger charge is 2.32. The fraction of sp³-hybridized carbons (Fsp3) is 0.462. The summed E-state index contributed by atoms with van der Waals surface area (Å²) >= 11 is 0. The lowest BCUT2D eigenvalue weighted by molar-refractivity contribution is -0.0308. The van der Waals surface area contributed by atoms with Crippen molar-refractivity contribution in [3.8, 4) is 5.75 Å². The molecule has 0 radical (unpaired) electrons. The van der Waals surface area contributed by atoms with Gasteiger partial charge in [0, 0.05) is 36.4 Å². The van der Waals surface area contributed by atoms with Gasteiger partial charge in [0.2, 0.25) is 0 Å². The number of carbonyl (C=O) groups excluding carboxylic acids is 2. The molecule has 1 unspecified atom stereocenters. The molecule has 7 nitrogen and oxygen atoms in total. The molecule has 2 aromatic carbocycles. The van der Waals surface area contributed by atoms with Crippen LogP contribution in [0.25, 0.3) is 0 Å². The fourth-order valence-electron chi connectivity index (χ4n) is 4.61. The number of rotatable bonds is 6. The highest BCUT2D eigenvalue weighted by molar-refractivity contribution is 5.94. The molecule has 2 aromatic rings. The van der Waals surface area contributed by atoms with Gasteiger partial charge in [-0.25, -0.2) is 4.79 Å². The monoisotopic (exact) mass is 451 g/mol. The number of morpholine rings is 1. The number of nitrogens with zero attached hydrogens (tertiary/aromatic N) is 2. The van der Waals surface area contributed by atoms with Crippen LogP contribution in [0, 0.1) is 6.92 Å². The zero-order valence-corrected chi connectivity index (χ0v) is 19.5. The number of anilines is 1. The zero-order chi connectivity index (χ0) is 23.2. The quantitative estimate of drug-likeness (QED) is 0.710. The smallest absolute Gasteiger partial charge is 0.322 e. The minimum Gasteiger partial charge on any atom is -0.497 e. The molecule has 1 saturated heterocycles. The van der Waals surface area contributed by atoms with Gasteiger partial charge in [0.05, 0.1) is 26.4 Å². The van der Waals surface area contributed by atoms with E-state index >= 15 is 0 Å². The SMILES string of the molecule is COc1cccc(NC(=O)N2CCOC(CN(C(=O)c3ccc(C)cc3)C3CCCC3)C2)c1. The molecular weight excluding hydrogens is 418 g/mol. The normalized spacial score (nSPS) is 18.7. The van der Waals surface area contributed by atoms with E-state index in [9.17, 15) is 9.59 Å². The van der Waals surface area contributed by atoms with E-state index in [1.165, 1.54) is 0 Å². The third-order valence-corrected chi connectivity index (χ3v) is 6.47. The van der Waals surface area contributed by atoms with E-state index in [0.717, 1.165) is 31.2 Å². The molecule has 2 fully saturated rings. The Morgan fingerprint density at radius 1 is 1.15 bits per heavy atom. The van der Waals surface area contributed by atoms with Gasteiger partial charge in [0.1, 0.15) is 5.75 Å². The number of aryl methyl sites for hydroxylation is 1. The third kappa shape index (κ3) is 5.85. The minimum atomic E-state index is -0.218. The lowest BCUT2D eigenvalue weighted by atomic mass is 10.1. The van der Waals surface area contributed by atoms with Gasteiger partial charge in [0.25, 0.3) is 5.91 Å². The summed E-state index contributed by atoms with van der Waals surface area (Å²) in [5, 5.41) is 2.94. The van der Waals surface area contributed by atoms with Crippen molar-refractivity contribution in [2.45, 2.75) is 44.8 Å². The minimum absolute atomic E-state index is 0.0449. The van der Waals surface area contributed by atoms with Gasteiger partial charge in [-0.05, 0) is 44.0 Å². The van der Waals surface area contributed by atoms with Crippen molar-refractivity contribution in [3.63, 3.8) is 0 Å². The van der Waals surface area contributed by atoms with Crippen LogP contribution in [0.4, 0.5) is 10.5 Å². The second-order valence-corrected chi connectivity index (χ2v) is 8.86. The van der Waals surface area contributed by atoms with Gasteiger partial charge < -0.3 is 24.6 Å². The van der Waals surface area contributed by atoms with E-state index in [1.807, 2.05) is 54.3 Å². The fourth-order valence-corrected chi connectivity index (χ4v) is 4.61. The molecule has 0 aromatic heterocycles. The van der Waals surface area contributed by atoms with Gasteiger partial charge in [-0.3, -0.25) is 4.79 Å². The van der Waals surface area contributed by atoms with Gasteiger partial charge in [0.15, 0.2) is 0 Å². The van der Waals surface area contributed by atoms with Gasteiger partial charge in [-0.1, -0.05) is 36.6 Å². The maximum Gasteiger partial charge on any atom is 0.322 e. The third-order valence-electron chi connectivity index (χ3n) is 6.47. The first kappa shape index (κ1) is 23.1. The van der Waals surface area contributed by atoms with Crippen LogP contribution >= 0.6 is 0 Å². The molecule has 0 spiro atoms. The number of carbonyl (C=O) groups is 2. The Bertz CT molecular complexity index is 956. The predicted octanol–water partition coefficient (Wildman–Crippen LogP) is 4.32. The molecule has 1 aliphatic heterocycles. The van der Waals surface area contributed by atoms with Crippen molar-refractivity contribution in [2.75, 3.05) is 38.7 Å². The molecule has 2 aliphatic rings. The summed E-state index contributed by atoms with van der Waals surface area (Å²) in [6, 6.07) is 15.1. The van der Waals surface area contributed by atoms with Crippen molar-refractivity contribution >= 4 is 17.6 Å². The van der Waals surface area contributed by atoms with Gasteiger partial charge >= 0.3 is 6.03 Å². The van der Waals surface area contributed by atoms with Crippen LogP contribution in [0.15, 0.2) is 48.5 Å². The van der Waals surface area contributed by atoms with E-state index in [0.29, 0.717) is 43.2 Å². The van der Waals surface area contributed by atoms with Crippen LogP contribution in [-0.2, 0) is 4.74 Å². The zero-order valence-electron chi connectivity index (χ0n) is 19.5. The Morgan fingerprint density at radius 3 is 2.64 bits per heavy atom. The highest BCUT2D eigenvalue weighted by atomic mass is 16.5. The standard InChI is InChI=1S/C26H33N3O4/c1-19-10-12-20(13-11-19)25(30)29(22-7-3-4-8-22)18-24-17-28(14-15-33-24)26(31)27-21-6-5-9-23(16-21)32-2/h5-6,9-13,16,22,24H,3-4,7-8,14-15,17-18H2,1-2H3,(H,27,31). The molecule has 1 N–H and O–H groups in total. The number of amides is 3. The van der Waals surface area contributed by atoms with E-state index in [-0.39, 0.29) is 24.1 Å². The molecule has 1 saturated carbocycles. The molecule has 1 aliphatic carbocycles. The largest absolute Gasteiger partial charge is 0.497 e. The molecule has 33 heavy (non-hydrogen) atoms. The Labute approximate surface area is 195 Å². The number of hydrogen-bond donors (Lipinski definition) is 1. The van der Waals surface area contributed by atoms with Crippen LogP contribution in [0.3, 0.4) is 0 Å². The molecule has 0 bridgehead atoms. The maximum atomic E-state index is 13.4. The summed E-state index contributed by atoms with van der Waals surface area (Å²) in [4.78, 5) is 30.0. The first-order valence-corrected chi connectivity index (χ1v) is 11.7. The first-order valence-electron chi connectivity index (χ1n) is 11.7. The lowest BCUT2D eigenvalue weighted by Crippen LogP contribution is -2.53. The Kier molecular flexibility index (Phi) is 7.50. The number of urea groups is 1. The van der Waals surface area contributed by atoms with Crippen molar-refractivity contribution in [1.29, 1.82) is 0 Å². The summed E-state index contributed by atoms with van der Waals surface area (Å²) in [5.41, 5.74) is 2.52. The Hall–Kier alpha value is -3.06. The summed E-state index contributed by atoms with van der Waals surface area (Å²) in [7, 11) is 1.60. The number of hydrogen-bond acceptors (Lipinski definition) is 4. The molecule has 3 amide bonds. The number of methoxy groups -OCH3 is 1. The maximum absolute atomic E-state index is 13.4. The molecule has 1 atom stereocenters. The van der Waals surface area contributed by atoms with Crippen LogP contribution in [-0.4, -0.2) is 67.2 Å². The van der Waals surface area contributed by atoms with Crippen LogP contribution < -0.4 is 10.1 Å². The second-order valence-electron chi connectivity index (χ2n) is 8.86. The summed E-state index contributed by atoms with van der Waals surface area (Å²) < 4.78 is 11.2. The van der Waals surface area contributed by atoms with Crippen molar-refractivity contribution < 1.29 is 19.1 Å². The number of ether oxygens (including phenoxy) is 2. The summed E-state index contributed by atoms with van der Waals surface area (Å²) in [5.74, 6) is 0.734. The Morgan fingerprint density at radius 2 is 1.91 bits per heavy atom. The second kappa shape index (κ2) is 10.7. The predicted molar refractivity (Wildman–Crippen MR) is 128 cm³/mol. The van der Waals surface area contributed by atoms with E-state index in [1.54, 1.807) is 18.1 Å². The summed E-state index contributed by atoms with van der Waals surface area (Å²) in [6.45, 7) is 3.92. The van der Waals surface area contributed by atoms with E-state index in [4.69, 9.17) is 9.47 Å². The summed E-state index contributed by atoms with van der Waals surface area (Å²) in [6.07, 6.45) is 4.10. The van der Waals surface area contributed by atoms with E-state index in [2.05, 4.69) is 5.32 Å².